The largest absolute Gasteiger partial charge is 0.497 e. The van der Waals surface area contributed by atoms with Crippen LogP contribution in [0.3, 0.4) is 0 Å². The van der Waals surface area contributed by atoms with Crippen LogP contribution in [-0.4, -0.2) is 18.6 Å². The second-order valence-corrected chi connectivity index (χ2v) is 6.27. The van der Waals surface area contributed by atoms with E-state index in [-0.39, 0.29) is 0 Å². The van der Waals surface area contributed by atoms with Crippen molar-refractivity contribution in [1.29, 1.82) is 0 Å². The number of rotatable bonds is 7. The summed E-state index contributed by atoms with van der Waals surface area (Å²) in [4.78, 5) is 4.29. The number of methoxy groups -OCH3 is 1. The Morgan fingerprint density at radius 2 is 2.00 bits per heavy atom. The van der Waals surface area contributed by atoms with Crippen molar-refractivity contribution >= 4 is 16.5 Å². The smallest absolute Gasteiger partial charge is 0.180 e. The van der Waals surface area contributed by atoms with E-state index < -0.39 is 0 Å². The van der Waals surface area contributed by atoms with Crippen molar-refractivity contribution in [2.24, 2.45) is 5.92 Å². The van der Waals surface area contributed by atoms with Crippen LogP contribution in [0.4, 0.5) is 5.13 Å². The Morgan fingerprint density at radius 3 is 2.52 bits per heavy atom. The molecule has 2 aromatic rings. The number of thiazole rings is 1. The number of nitrogens with two attached hydrogens (primary N) is 1. The van der Waals surface area contributed by atoms with Gasteiger partial charge in [0.05, 0.1) is 12.8 Å². The third kappa shape index (κ3) is 4.44. The highest BCUT2D eigenvalue weighted by Gasteiger charge is 2.15. The Hall–Kier alpha value is -1.59. The number of nitrogens with one attached hydrogen (secondary N) is 1. The fourth-order valence-electron chi connectivity index (χ4n) is 2.34. The van der Waals surface area contributed by atoms with E-state index in [1.807, 2.05) is 17.5 Å². The summed E-state index contributed by atoms with van der Waals surface area (Å²) in [6.45, 7) is 5.34. The zero-order valence-corrected chi connectivity index (χ0v) is 13.6. The van der Waals surface area contributed by atoms with Crippen LogP contribution in [0.25, 0.3) is 0 Å². The minimum absolute atomic E-state index is 0.326. The highest BCUT2D eigenvalue weighted by atomic mass is 32.1. The van der Waals surface area contributed by atoms with Crippen LogP contribution >= 0.6 is 11.3 Å². The molecule has 4 nitrogen and oxygen atoms in total. The highest BCUT2D eigenvalue weighted by molar-refractivity contribution is 7.13. The van der Waals surface area contributed by atoms with Gasteiger partial charge in [0.2, 0.25) is 0 Å². The number of ether oxygens (including phenoxy) is 1. The van der Waals surface area contributed by atoms with E-state index in [0.717, 1.165) is 24.4 Å². The van der Waals surface area contributed by atoms with Crippen LogP contribution in [0, 0.1) is 5.92 Å². The van der Waals surface area contributed by atoms with E-state index in [1.165, 1.54) is 16.9 Å². The van der Waals surface area contributed by atoms with Crippen LogP contribution < -0.4 is 15.8 Å². The van der Waals surface area contributed by atoms with Crippen molar-refractivity contribution in [2.75, 3.05) is 19.4 Å². The van der Waals surface area contributed by atoms with E-state index in [9.17, 15) is 0 Å². The topological polar surface area (TPSA) is 60.2 Å². The Kier molecular flexibility index (Phi) is 5.59. The number of hydrogen-bond donors (Lipinski definition) is 2. The van der Waals surface area contributed by atoms with Crippen molar-refractivity contribution in [3.8, 4) is 5.75 Å². The average molecular weight is 305 g/mol. The van der Waals surface area contributed by atoms with Gasteiger partial charge in [-0.05, 0) is 23.6 Å². The summed E-state index contributed by atoms with van der Waals surface area (Å²) in [6.07, 6.45) is 0.896. The molecule has 0 aliphatic heterocycles. The lowest BCUT2D eigenvalue weighted by Crippen LogP contribution is -2.27. The van der Waals surface area contributed by atoms with Crippen LogP contribution in [-0.2, 0) is 6.42 Å². The number of aromatic nitrogens is 1. The van der Waals surface area contributed by atoms with Crippen molar-refractivity contribution in [1.82, 2.24) is 10.3 Å². The number of anilines is 1. The molecule has 114 valence electrons. The fourth-order valence-corrected chi connectivity index (χ4v) is 2.94. The molecule has 0 radical (unpaired) electrons. The fraction of sp³-hybridized carbons (Fsp3) is 0.438. The average Bonchev–Trinajstić information content (AvgIpc) is 2.89. The summed E-state index contributed by atoms with van der Waals surface area (Å²) < 4.78 is 5.21. The van der Waals surface area contributed by atoms with Gasteiger partial charge in [-0.3, -0.25) is 0 Å². The van der Waals surface area contributed by atoms with Gasteiger partial charge in [-0.2, -0.15) is 0 Å². The second kappa shape index (κ2) is 7.43. The van der Waals surface area contributed by atoms with E-state index in [1.54, 1.807) is 7.11 Å². The molecule has 0 saturated heterocycles. The van der Waals surface area contributed by atoms with Gasteiger partial charge in [0.15, 0.2) is 5.13 Å². The van der Waals surface area contributed by atoms with Gasteiger partial charge in [-0.15, -0.1) is 11.3 Å². The molecule has 1 aromatic carbocycles. The molecule has 3 N–H and O–H groups in total. The van der Waals surface area contributed by atoms with Gasteiger partial charge in [0.25, 0.3) is 0 Å². The summed E-state index contributed by atoms with van der Waals surface area (Å²) in [7, 11) is 1.69. The zero-order chi connectivity index (χ0) is 15.2. The summed E-state index contributed by atoms with van der Waals surface area (Å²) in [6, 6.07) is 8.59. The Bertz CT molecular complexity index is 551. The maximum absolute atomic E-state index is 5.65. The van der Waals surface area contributed by atoms with Gasteiger partial charge in [-0.25, -0.2) is 4.98 Å². The van der Waals surface area contributed by atoms with Crippen LogP contribution in [0.1, 0.15) is 31.1 Å². The number of nitrogens with zero attached hydrogens (tertiary/aromatic N) is 1. The first kappa shape index (κ1) is 15.8. The number of nitrogen functional groups attached to an aromatic ring is 1. The van der Waals surface area contributed by atoms with Crippen molar-refractivity contribution < 1.29 is 4.74 Å². The van der Waals surface area contributed by atoms with Gasteiger partial charge in [-0.1, -0.05) is 26.0 Å². The second-order valence-electron chi connectivity index (χ2n) is 5.38. The summed E-state index contributed by atoms with van der Waals surface area (Å²) in [5, 5.41) is 6.28. The van der Waals surface area contributed by atoms with Crippen molar-refractivity contribution in [2.45, 2.75) is 26.3 Å². The molecule has 0 bridgehead atoms. The summed E-state index contributed by atoms with van der Waals surface area (Å²) in [5.74, 6) is 1.40. The first-order valence-electron chi connectivity index (χ1n) is 7.17. The minimum atomic E-state index is 0.326. The summed E-state index contributed by atoms with van der Waals surface area (Å²) in [5.41, 5.74) is 7.99. The third-order valence-corrected chi connectivity index (χ3v) is 4.18. The normalized spacial score (nSPS) is 12.6. The molecule has 0 saturated carbocycles. The lowest BCUT2D eigenvalue weighted by Gasteiger charge is -2.23. The molecule has 1 aromatic heterocycles. The first-order chi connectivity index (χ1) is 10.1. The summed E-state index contributed by atoms with van der Waals surface area (Å²) >= 11 is 1.50. The lowest BCUT2D eigenvalue weighted by atomic mass is 9.96. The molecular formula is C16H23N3OS. The molecule has 21 heavy (non-hydrogen) atoms. The SMILES string of the molecule is COc1ccc([C@@H](NCCc2csc(N)n2)C(C)C)cc1. The molecule has 1 atom stereocenters. The lowest BCUT2D eigenvalue weighted by molar-refractivity contribution is 0.406. The van der Waals surface area contributed by atoms with Gasteiger partial charge in [0.1, 0.15) is 5.75 Å². The van der Waals surface area contributed by atoms with E-state index in [4.69, 9.17) is 10.5 Å². The van der Waals surface area contributed by atoms with E-state index >= 15 is 0 Å². The van der Waals surface area contributed by atoms with Gasteiger partial charge < -0.3 is 15.8 Å². The highest BCUT2D eigenvalue weighted by Crippen LogP contribution is 2.24. The van der Waals surface area contributed by atoms with Gasteiger partial charge in [0, 0.05) is 24.4 Å². The molecule has 0 aliphatic rings. The molecule has 0 amide bonds. The van der Waals surface area contributed by atoms with Crippen LogP contribution in [0.5, 0.6) is 5.75 Å². The molecule has 0 aliphatic carbocycles. The van der Waals surface area contributed by atoms with Crippen molar-refractivity contribution in [3.63, 3.8) is 0 Å². The molecule has 0 spiro atoms. The van der Waals surface area contributed by atoms with Gasteiger partial charge >= 0.3 is 0 Å². The molecule has 1 heterocycles. The Labute approximate surface area is 130 Å². The predicted molar refractivity (Wildman–Crippen MR) is 88.8 cm³/mol. The molecule has 2 rings (SSSR count). The van der Waals surface area contributed by atoms with Crippen LogP contribution in [0.15, 0.2) is 29.6 Å². The van der Waals surface area contributed by atoms with E-state index in [2.05, 4.69) is 36.3 Å². The zero-order valence-electron chi connectivity index (χ0n) is 12.8. The van der Waals surface area contributed by atoms with Crippen LogP contribution in [0.2, 0.25) is 0 Å². The quantitative estimate of drug-likeness (QED) is 0.824. The molecule has 5 heteroatoms. The van der Waals surface area contributed by atoms with Crippen molar-refractivity contribution in [3.05, 3.63) is 40.9 Å². The van der Waals surface area contributed by atoms with E-state index in [0.29, 0.717) is 17.1 Å². The molecular weight excluding hydrogens is 282 g/mol. The monoisotopic (exact) mass is 305 g/mol. The number of hydrogen-bond acceptors (Lipinski definition) is 5. The third-order valence-electron chi connectivity index (χ3n) is 3.46. The Morgan fingerprint density at radius 1 is 1.29 bits per heavy atom. The number of benzene rings is 1. The first-order valence-corrected chi connectivity index (χ1v) is 8.05. The predicted octanol–water partition coefficient (Wildman–Crippen LogP) is 3.26. The standard InChI is InChI=1S/C16H23N3OS/c1-11(2)15(12-4-6-14(20-3)7-5-12)18-9-8-13-10-21-16(17)19-13/h4-7,10-11,15,18H,8-9H2,1-3H3,(H2,17,19)/t15-/m0/s1. The molecule has 0 fully saturated rings. The minimum Gasteiger partial charge on any atom is -0.497 e. The Balaban J connectivity index is 1.95. The maximum Gasteiger partial charge on any atom is 0.180 e. The molecule has 0 unspecified atom stereocenters. The maximum atomic E-state index is 5.65.